The Kier molecular flexibility index (Phi) is 4.63. The Hall–Kier alpha value is -1.93. The third-order valence-corrected chi connectivity index (χ3v) is 4.78. The molecule has 1 unspecified atom stereocenters. The molecular formula is C21H23FO. The van der Waals surface area contributed by atoms with Gasteiger partial charge in [0.15, 0.2) is 0 Å². The van der Waals surface area contributed by atoms with Crippen molar-refractivity contribution < 1.29 is 9.50 Å². The Bertz CT molecular complexity index is 705. The number of hydrogen-bond acceptors (Lipinski definition) is 1. The highest BCUT2D eigenvalue weighted by atomic mass is 19.1. The molecule has 0 spiro atoms. The number of halogens is 1. The summed E-state index contributed by atoms with van der Waals surface area (Å²) in [5, 5.41) is 11.4. The molecule has 0 fully saturated rings. The molecule has 3 rings (SSSR count). The standard InChI is InChI=1S/C21H23FO/c1-2-3-9-16-14-15-21(23,17-10-5-4-6-11-17)20(16)18-12-7-8-13-19(18)22/h4-8,10-13,23H,2-3,9,14-15H2,1H3. The molecule has 23 heavy (non-hydrogen) atoms. The number of aliphatic hydroxyl groups is 1. The zero-order valence-electron chi connectivity index (χ0n) is 13.6. The predicted octanol–water partition coefficient (Wildman–Crippen LogP) is 5.45. The topological polar surface area (TPSA) is 20.2 Å². The van der Waals surface area contributed by atoms with Gasteiger partial charge in [-0.3, -0.25) is 0 Å². The molecule has 0 amide bonds. The maximum atomic E-state index is 14.5. The lowest BCUT2D eigenvalue weighted by Gasteiger charge is -2.28. The van der Waals surface area contributed by atoms with Gasteiger partial charge in [-0.05, 0) is 42.9 Å². The zero-order valence-corrected chi connectivity index (χ0v) is 13.6. The molecule has 0 heterocycles. The molecule has 0 saturated carbocycles. The van der Waals surface area contributed by atoms with Gasteiger partial charge in [0.2, 0.25) is 0 Å². The second kappa shape index (κ2) is 6.67. The second-order valence-corrected chi connectivity index (χ2v) is 6.29. The number of benzene rings is 2. The van der Waals surface area contributed by atoms with Crippen LogP contribution >= 0.6 is 0 Å². The SMILES string of the molecule is CCCCC1=C(c2ccccc2F)C(O)(c2ccccc2)CC1. The normalized spacial score (nSPS) is 21.0. The van der Waals surface area contributed by atoms with Gasteiger partial charge in [0.1, 0.15) is 11.4 Å². The van der Waals surface area contributed by atoms with E-state index in [2.05, 4.69) is 6.92 Å². The van der Waals surface area contributed by atoms with E-state index >= 15 is 0 Å². The van der Waals surface area contributed by atoms with E-state index in [-0.39, 0.29) is 5.82 Å². The first-order chi connectivity index (χ1) is 11.2. The van der Waals surface area contributed by atoms with Crippen LogP contribution in [0.2, 0.25) is 0 Å². The molecule has 1 N–H and O–H groups in total. The van der Waals surface area contributed by atoms with Crippen LogP contribution in [0.15, 0.2) is 60.2 Å². The van der Waals surface area contributed by atoms with Crippen LogP contribution in [0.1, 0.15) is 50.2 Å². The van der Waals surface area contributed by atoms with E-state index in [4.69, 9.17) is 0 Å². The van der Waals surface area contributed by atoms with Crippen LogP contribution in [0.4, 0.5) is 4.39 Å². The average Bonchev–Trinajstić information content (AvgIpc) is 2.92. The molecule has 1 aliphatic carbocycles. The zero-order chi connectivity index (χ0) is 16.3. The van der Waals surface area contributed by atoms with Gasteiger partial charge in [0.05, 0.1) is 0 Å². The Morgan fingerprint density at radius 3 is 2.43 bits per heavy atom. The Labute approximate surface area is 137 Å². The average molecular weight is 310 g/mol. The van der Waals surface area contributed by atoms with Crippen molar-refractivity contribution in [3.63, 3.8) is 0 Å². The molecule has 2 aromatic rings. The minimum Gasteiger partial charge on any atom is -0.380 e. The molecule has 0 bridgehead atoms. The van der Waals surface area contributed by atoms with Gasteiger partial charge in [0, 0.05) is 5.56 Å². The molecule has 0 aliphatic heterocycles. The Morgan fingerprint density at radius 1 is 1.04 bits per heavy atom. The van der Waals surface area contributed by atoms with Crippen LogP contribution in [-0.2, 0) is 5.60 Å². The largest absolute Gasteiger partial charge is 0.380 e. The van der Waals surface area contributed by atoms with Crippen molar-refractivity contribution in [2.75, 3.05) is 0 Å². The Morgan fingerprint density at radius 2 is 1.74 bits per heavy atom. The van der Waals surface area contributed by atoms with Crippen molar-refractivity contribution >= 4 is 5.57 Å². The second-order valence-electron chi connectivity index (χ2n) is 6.29. The highest BCUT2D eigenvalue weighted by Gasteiger charge is 2.41. The highest BCUT2D eigenvalue weighted by Crippen LogP contribution is 2.50. The molecule has 120 valence electrons. The van der Waals surface area contributed by atoms with Gasteiger partial charge in [0.25, 0.3) is 0 Å². The smallest absolute Gasteiger partial charge is 0.130 e. The maximum absolute atomic E-state index is 14.5. The number of allylic oxidation sites excluding steroid dienone is 1. The van der Waals surface area contributed by atoms with E-state index in [9.17, 15) is 9.50 Å². The lowest BCUT2D eigenvalue weighted by molar-refractivity contribution is 0.0992. The van der Waals surface area contributed by atoms with Crippen molar-refractivity contribution in [2.45, 2.75) is 44.6 Å². The summed E-state index contributed by atoms with van der Waals surface area (Å²) in [5.41, 5.74) is 2.29. The summed E-state index contributed by atoms with van der Waals surface area (Å²) in [4.78, 5) is 0. The van der Waals surface area contributed by atoms with Crippen molar-refractivity contribution in [2.24, 2.45) is 0 Å². The van der Waals surface area contributed by atoms with Crippen LogP contribution < -0.4 is 0 Å². The molecule has 1 aliphatic rings. The van der Waals surface area contributed by atoms with Crippen LogP contribution in [0.5, 0.6) is 0 Å². The third-order valence-electron chi connectivity index (χ3n) is 4.78. The Balaban J connectivity index is 2.14. The molecule has 0 saturated heterocycles. The predicted molar refractivity (Wildman–Crippen MR) is 92.4 cm³/mol. The quantitative estimate of drug-likeness (QED) is 0.778. The fourth-order valence-corrected chi connectivity index (χ4v) is 3.59. The first-order valence-corrected chi connectivity index (χ1v) is 8.42. The maximum Gasteiger partial charge on any atom is 0.130 e. The van der Waals surface area contributed by atoms with E-state index in [0.29, 0.717) is 12.0 Å². The first kappa shape index (κ1) is 15.9. The fourth-order valence-electron chi connectivity index (χ4n) is 3.59. The summed E-state index contributed by atoms with van der Waals surface area (Å²) in [6.07, 6.45) is 4.54. The number of rotatable bonds is 5. The van der Waals surface area contributed by atoms with Crippen molar-refractivity contribution in [3.05, 3.63) is 77.1 Å². The van der Waals surface area contributed by atoms with Crippen LogP contribution in [0, 0.1) is 5.82 Å². The third kappa shape index (κ3) is 2.96. The van der Waals surface area contributed by atoms with E-state index < -0.39 is 5.60 Å². The van der Waals surface area contributed by atoms with Crippen LogP contribution in [0.25, 0.3) is 5.57 Å². The van der Waals surface area contributed by atoms with Gasteiger partial charge in [-0.2, -0.15) is 0 Å². The summed E-state index contributed by atoms with van der Waals surface area (Å²) in [6.45, 7) is 2.15. The molecule has 0 aromatic heterocycles. The van der Waals surface area contributed by atoms with Gasteiger partial charge in [-0.15, -0.1) is 0 Å². The lowest BCUT2D eigenvalue weighted by Crippen LogP contribution is -2.24. The first-order valence-electron chi connectivity index (χ1n) is 8.42. The van der Waals surface area contributed by atoms with E-state index in [1.807, 2.05) is 36.4 Å². The molecule has 1 nitrogen and oxygen atoms in total. The number of unbranched alkanes of at least 4 members (excludes halogenated alkanes) is 1. The van der Waals surface area contributed by atoms with Crippen molar-refractivity contribution in [1.29, 1.82) is 0 Å². The van der Waals surface area contributed by atoms with E-state index in [0.717, 1.165) is 36.8 Å². The van der Waals surface area contributed by atoms with Gasteiger partial charge in [-0.1, -0.05) is 67.4 Å². The summed E-state index contributed by atoms with van der Waals surface area (Å²) in [6, 6.07) is 16.5. The van der Waals surface area contributed by atoms with Gasteiger partial charge in [-0.25, -0.2) is 4.39 Å². The van der Waals surface area contributed by atoms with Gasteiger partial charge < -0.3 is 5.11 Å². The number of hydrogen-bond donors (Lipinski definition) is 1. The van der Waals surface area contributed by atoms with E-state index in [1.165, 1.54) is 11.6 Å². The minimum atomic E-state index is -1.09. The monoisotopic (exact) mass is 310 g/mol. The van der Waals surface area contributed by atoms with Crippen LogP contribution in [0.3, 0.4) is 0 Å². The summed E-state index contributed by atoms with van der Waals surface area (Å²) in [7, 11) is 0. The summed E-state index contributed by atoms with van der Waals surface area (Å²) in [5.74, 6) is -0.257. The molecule has 2 heteroatoms. The molecule has 2 aromatic carbocycles. The summed E-state index contributed by atoms with van der Waals surface area (Å²) >= 11 is 0. The van der Waals surface area contributed by atoms with Gasteiger partial charge >= 0.3 is 0 Å². The van der Waals surface area contributed by atoms with E-state index in [1.54, 1.807) is 12.1 Å². The highest BCUT2D eigenvalue weighted by molar-refractivity contribution is 5.79. The fraction of sp³-hybridized carbons (Fsp3) is 0.333. The molecule has 1 atom stereocenters. The molecule has 0 radical (unpaired) electrons. The van der Waals surface area contributed by atoms with Crippen molar-refractivity contribution in [3.8, 4) is 0 Å². The summed E-state index contributed by atoms with van der Waals surface area (Å²) < 4.78 is 14.5. The minimum absolute atomic E-state index is 0.257. The van der Waals surface area contributed by atoms with Crippen LogP contribution in [-0.4, -0.2) is 5.11 Å². The van der Waals surface area contributed by atoms with Crippen molar-refractivity contribution in [1.82, 2.24) is 0 Å². The lowest BCUT2D eigenvalue weighted by atomic mass is 9.82. The molecular weight excluding hydrogens is 287 g/mol.